The summed E-state index contributed by atoms with van der Waals surface area (Å²) in [6.45, 7) is 4.72. The van der Waals surface area contributed by atoms with E-state index in [9.17, 15) is 0 Å². The van der Waals surface area contributed by atoms with Gasteiger partial charge in [0.05, 0.1) is 0 Å². The summed E-state index contributed by atoms with van der Waals surface area (Å²) in [4.78, 5) is 0. The third kappa shape index (κ3) is 5.36. The molecule has 0 radical (unpaired) electrons. The predicted octanol–water partition coefficient (Wildman–Crippen LogP) is 15.8. The molecular formula is C57H40. The SMILES string of the molecule is CC1(C)c2ccccc2-c2cc(-c3c4ccccc4c(-c4ccc(-c5ccccc5)c(-c5ccccc5)c4)c4ccc(-c5ccc6ccccc6c5)cc34)ccc21. The van der Waals surface area contributed by atoms with Crippen molar-refractivity contribution in [2.24, 2.45) is 0 Å². The summed E-state index contributed by atoms with van der Waals surface area (Å²) in [6, 6.07) is 76.6. The Morgan fingerprint density at radius 1 is 0.263 bits per heavy atom. The van der Waals surface area contributed by atoms with Crippen LogP contribution in [0.25, 0.3) is 99.1 Å². The molecule has 0 bridgehead atoms. The summed E-state index contributed by atoms with van der Waals surface area (Å²) in [7, 11) is 0. The van der Waals surface area contributed by atoms with E-state index in [0.29, 0.717) is 0 Å². The summed E-state index contributed by atoms with van der Waals surface area (Å²) in [6.07, 6.45) is 0. The lowest BCUT2D eigenvalue weighted by molar-refractivity contribution is 0.660. The molecule has 0 heterocycles. The van der Waals surface area contributed by atoms with Crippen LogP contribution in [-0.4, -0.2) is 0 Å². The second-order valence-corrected chi connectivity index (χ2v) is 16.0. The van der Waals surface area contributed by atoms with Crippen LogP contribution in [0.4, 0.5) is 0 Å². The van der Waals surface area contributed by atoms with Crippen LogP contribution in [0.3, 0.4) is 0 Å². The smallest absolute Gasteiger partial charge is 0.0158 e. The van der Waals surface area contributed by atoms with Gasteiger partial charge < -0.3 is 0 Å². The Bertz CT molecular complexity index is 3180. The molecule has 1 aliphatic carbocycles. The van der Waals surface area contributed by atoms with Crippen molar-refractivity contribution in [3.05, 3.63) is 217 Å². The minimum absolute atomic E-state index is 0.0515. The average Bonchev–Trinajstić information content (AvgIpc) is 3.50. The van der Waals surface area contributed by atoms with Crippen LogP contribution in [-0.2, 0) is 5.41 Å². The Balaban J connectivity index is 1.21. The van der Waals surface area contributed by atoms with Crippen LogP contribution in [0.15, 0.2) is 206 Å². The van der Waals surface area contributed by atoms with E-state index in [4.69, 9.17) is 0 Å². The largest absolute Gasteiger partial charge is 0.0622 e. The van der Waals surface area contributed by atoms with Gasteiger partial charge in [0.2, 0.25) is 0 Å². The molecule has 10 aromatic carbocycles. The maximum atomic E-state index is 2.47. The summed E-state index contributed by atoms with van der Waals surface area (Å²) < 4.78 is 0. The maximum Gasteiger partial charge on any atom is 0.0158 e. The number of rotatable bonds is 5. The standard InChI is InChI=1S/C57H40/c1-57(2)53-24-14-13-21-46(53)51-36-44(29-32-54(51)57)56-48-23-12-11-22-47(48)55(49-31-27-42(34-52(49)56)41-26-25-37-15-9-10-20-40(37)33-41)43-28-30-45(38-16-5-3-6-17-38)50(35-43)39-18-7-4-8-19-39/h3-36H,1-2H3. The fourth-order valence-electron chi connectivity index (χ4n) is 9.65. The average molecular weight is 725 g/mol. The molecule has 0 spiro atoms. The molecule has 0 aromatic heterocycles. The highest BCUT2D eigenvalue weighted by Gasteiger charge is 2.35. The Morgan fingerprint density at radius 2 is 0.772 bits per heavy atom. The number of hydrogen-bond donors (Lipinski definition) is 0. The Hall–Kier alpha value is -7.02. The van der Waals surface area contributed by atoms with Crippen molar-refractivity contribution >= 4 is 32.3 Å². The van der Waals surface area contributed by atoms with Gasteiger partial charge in [-0.25, -0.2) is 0 Å². The molecule has 10 aromatic rings. The van der Waals surface area contributed by atoms with Gasteiger partial charge in [-0.05, 0) is 134 Å². The van der Waals surface area contributed by atoms with Crippen molar-refractivity contribution in [1.29, 1.82) is 0 Å². The van der Waals surface area contributed by atoms with Crippen LogP contribution >= 0.6 is 0 Å². The monoisotopic (exact) mass is 724 g/mol. The van der Waals surface area contributed by atoms with E-state index in [1.165, 1.54) is 110 Å². The molecule has 0 atom stereocenters. The van der Waals surface area contributed by atoms with Gasteiger partial charge in [-0.3, -0.25) is 0 Å². The van der Waals surface area contributed by atoms with Gasteiger partial charge in [0.1, 0.15) is 0 Å². The lowest BCUT2D eigenvalue weighted by Crippen LogP contribution is -2.14. The minimum atomic E-state index is -0.0515. The Morgan fingerprint density at radius 3 is 1.53 bits per heavy atom. The zero-order valence-electron chi connectivity index (χ0n) is 32.1. The maximum absolute atomic E-state index is 2.47. The van der Waals surface area contributed by atoms with Gasteiger partial charge >= 0.3 is 0 Å². The van der Waals surface area contributed by atoms with E-state index in [2.05, 4.69) is 220 Å². The highest BCUT2D eigenvalue weighted by Crippen LogP contribution is 2.52. The van der Waals surface area contributed by atoms with E-state index >= 15 is 0 Å². The van der Waals surface area contributed by atoms with E-state index in [1.807, 2.05) is 0 Å². The first-order valence-electron chi connectivity index (χ1n) is 20.0. The van der Waals surface area contributed by atoms with E-state index < -0.39 is 0 Å². The zero-order valence-corrected chi connectivity index (χ0v) is 32.1. The van der Waals surface area contributed by atoms with Crippen LogP contribution in [0.2, 0.25) is 0 Å². The number of hydrogen-bond acceptors (Lipinski definition) is 0. The van der Waals surface area contributed by atoms with Crippen LogP contribution in [0.1, 0.15) is 25.0 Å². The lowest BCUT2D eigenvalue weighted by Gasteiger charge is -2.22. The second kappa shape index (κ2) is 13.0. The highest BCUT2D eigenvalue weighted by atomic mass is 14.4. The molecule has 11 rings (SSSR count). The van der Waals surface area contributed by atoms with Crippen molar-refractivity contribution in [2.75, 3.05) is 0 Å². The topological polar surface area (TPSA) is 0 Å². The Labute approximate surface area is 334 Å². The normalized spacial score (nSPS) is 12.9. The molecule has 1 aliphatic rings. The molecule has 0 nitrogen and oxygen atoms in total. The first-order chi connectivity index (χ1) is 28.0. The van der Waals surface area contributed by atoms with Gasteiger partial charge in [0.25, 0.3) is 0 Å². The van der Waals surface area contributed by atoms with E-state index in [1.54, 1.807) is 0 Å². The van der Waals surface area contributed by atoms with Crippen molar-refractivity contribution in [2.45, 2.75) is 19.3 Å². The van der Waals surface area contributed by atoms with Crippen LogP contribution in [0, 0.1) is 0 Å². The van der Waals surface area contributed by atoms with E-state index in [-0.39, 0.29) is 5.41 Å². The lowest BCUT2D eigenvalue weighted by atomic mass is 9.81. The molecule has 268 valence electrons. The first-order valence-corrected chi connectivity index (χ1v) is 20.0. The molecule has 0 saturated carbocycles. The zero-order chi connectivity index (χ0) is 38.1. The van der Waals surface area contributed by atoms with Crippen molar-refractivity contribution in [3.8, 4) is 66.8 Å². The third-order valence-electron chi connectivity index (χ3n) is 12.5. The van der Waals surface area contributed by atoms with Crippen molar-refractivity contribution < 1.29 is 0 Å². The van der Waals surface area contributed by atoms with Gasteiger partial charge in [-0.2, -0.15) is 0 Å². The summed E-state index contributed by atoms with van der Waals surface area (Å²) in [5, 5.41) is 7.53. The molecule has 0 amide bonds. The number of benzene rings is 10. The summed E-state index contributed by atoms with van der Waals surface area (Å²) >= 11 is 0. The first kappa shape index (κ1) is 33.3. The molecule has 0 N–H and O–H groups in total. The third-order valence-corrected chi connectivity index (χ3v) is 12.5. The Kier molecular flexibility index (Phi) is 7.63. The van der Waals surface area contributed by atoms with Crippen LogP contribution in [0.5, 0.6) is 0 Å². The van der Waals surface area contributed by atoms with Gasteiger partial charge in [0.15, 0.2) is 0 Å². The fraction of sp³-hybridized carbons (Fsp3) is 0.0526. The van der Waals surface area contributed by atoms with Gasteiger partial charge in [0, 0.05) is 5.41 Å². The second-order valence-electron chi connectivity index (χ2n) is 16.0. The van der Waals surface area contributed by atoms with E-state index in [0.717, 1.165) is 0 Å². The number of fused-ring (bicyclic) bond motifs is 6. The molecule has 57 heavy (non-hydrogen) atoms. The quantitative estimate of drug-likeness (QED) is 0.155. The summed E-state index contributed by atoms with van der Waals surface area (Å²) in [5.74, 6) is 0. The molecule has 0 aliphatic heterocycles. The highest BCUT2D eigenvalue weighted by molar-refractivity contribution is 6.22. The van der Waals surface area contributed by atoms with Crippen LogP contribution < -0.4 is 0 Å². The van der Waals surface area contributed by atoms with Crippen molar-refractivity contribution in [3.63, 3.8) is 0 Å². The molecular weight excluding hydrogens is 685 g/mol. The molecule has 0 fully saturated rings. The molecule has 0 saturated heterocycles. The van der Waals surface area contributed by atoms with Gasteiger partial charge in [-0.15, -0.1) is 0 Å². The van der Waals surface area contributed by atoms with Gasteiger partial charge in [-0.1, -0.05) is 196 Å². The summed E-state index contributed by atoms with van der Waals surface area (Å²) in [5.41, 5.74) is 17.7. The molecule has 0 unspecified atom stereocenters. The molecule has 0 heteroatoms. The minimum Gasteiger partial charge on any atom is -0.0622 e. The predicted molar refractivity (Wildman–Crippen MR) is 244 cm³/mol. The van der Waals surface area contributed by atoms with Crippen molar-refractivity contribution in [1.82, 2.24) is 0 Å². The fourth-order valence-corrected chi connectivity index (χ4v) is 9.65.